The third-order valence-corrected chi connectivity index (χ3v) is 4.29. The molecular formula is C14H25NO3. The summed E-state index contributed by atoms with van der Waals surface area (Å²) in [7, 11) is 0. The van der Waals surface area contributed by atoms with Gasteiger partial charge in [0.05, 0.1) is 12.7 Å². The van der Waals surface area contributed by atoms with Crippen molar-refractivity contribution in [2.24, 2.45) is 0 Å². The van der Waals surface area contributed by atoms with Gasteiger partial charge in [0.1, 0.15) is 6.04 Å². The molecule has 1 heterocycles. The van der Waals surface area contributed by atoms with Crippen molar-refractivity contribution >= 4 is 5.97 Å². The van der Waals surface area contributed by atoms with Crippen molar-refractivity contribution in [2.75, 3.05) is 13.2 Å². The molecule has 3 unspecified atom stereocenters. The first-order valence-electron chi connectivity index (χ1n) is 7.34. The highest BCUT2D eigenvalue weighted by atomic mass is 16.5. The molecule has 0 amide bonds. The normalized spacial score (nSPS) is 30.7. The zero-order valence-electron chi connectivity index (χ0n) is 11.3. The van der Waals surface area contributed by atoms with Crippen LogP contribution in [-0.2, 0) is 9.53 Å². The zero-order chi connectivity index (χ0) is 13.0. The minimum atomic E-state index is -0.658. The van der Waals surface area contributed by atoms with E-state index < -0.39 is 5.97 Å². The van der Waals surface area contributed by atoms with Gasteiger partial charge in [-0.2, -0.15) is 0 Å². The number of rotatable bonds is 5. The van der Waals surface area contributed by atoms with E-state index in [1.165, 1.54) is 12.8 Å². The third kappa shape index (κ3) is 3.04. The molecule has 2 fully saturated rings. The minimum Gasteiger partial charge on any atom is -0.480 e. The second-order valence-electron chi connectivity index (χ2n) is 5.50. The molecule has 0 bridgehead atoms. The number of ether oxygens (including phenoxy) is 1. The second kappa shape index (κ2) is 6.53. The van der Waals surface area contributed by atoms with E-state index in [2.05, 4.69) is 11.8 Å². The van der Waals surface area contributed by atoms with Crippen LogP contribution in [0.3, 0.4) is 0 Å². The van der Waals surface area contributed by atoms with Crippen molar-refractivity contribution in [3.8, 4) is 0 Å². The van der Waals surface area contributed by atoms with Gasteiger partial charge < -0.3 is 9.84 Å². The van der Waals surface area contributed by atoms with Crippen LogP contribution in [0, 0.1) is 0 Å². The highest BCUT2D eigenvalue weighted by Gasteiger charge is 2.39. The van der Waals surface area contributed by atoms with Crippen LogP contribution >= 0.6 is 0 Å². The Balaban J connectivity index is 2.04. The Hall–Kier alpha value is -0.610. The average molecular weight is 255 g/mol. The van der Waals surface area contributed by atoms with Crippen LogP contribution in [-0.4, -0.2) is 47.3 Å². The van der Waals surface area contributed by atoms with Crippen molar-refractivity contribution < 1.29 is 14.6 Å². The van der Waals surface area contributed by atoms with E-state index in [4.69, 9.17) is 4.74 Å². The van der Waals surface area contributed by atoms with Crippen molar-refractivity contribution in [2.45, 2.75) is 70.1 Å². The van der Waals surface area contributed by atoms with Gasteiger partial charge in [0, 0.05) is 12.6 Å². The van der Waals surface area contributed by atoms with Crippen molar-refractivity contribution in [1.29, 1.82) is 0 Å². The lowest BCUT2D eigenvalue weighted by Crippen LogP contribution is -2.58. The second-order valence-corrected chi connectivity index (χ2v) is 5.50. The van der Waals surface area contributed by atoms with Gasteiger partial charge in [-0.05, 0) is 19.3 Å². The smallest absolute Gasteiger partial charge is 0.320 e. The van der Waals surface area contributed by atoms with Crippen molar-refractivity contribution in [1.82, 2.24) is 4.90 Å². The average Bonchev–Trinajstić information content (AvgIpc) is 2.39. The van der Waals surface area contributed by atoms with E-state index >= 15 is 0 Å². The largest absolute Gasteiger partial charge is 0.480 e. The highest BCUT2D eigenvalue weighted by molar-refractivity contribution is 5.73. The fourth-order valence-corrected chi connectivity index (χ4v) is 3.34. The number of hydrogen-bond donors (Lipinski definition) is 1. The number of carboxylic acids is 1. The van der Waals surface area contributed by atoms with E-state index in [1.807, 2.05) is 0 Å². The molecule has 2 rings (SSSR count). The molecule has 4 nitrogen and oxygen atoms in total. The van der Waals surface area contributed by atoms with E-state index in [-0.39, 0.29) is 12.1 Å². The fraction of sp³-hybridized carbons (Fsp3) is 0.929. The van der Waals surface area contributed by atoms with Gasteiger partial charge in [0.15, 0.2) is 0 Å². The topological polar surface area (TPSA) is 49.8 Å². The maximum atomic E-state index is 11.5. The lowest BCUT2D eigenvalue weighted by molar-refractivity contribution is -0.154. The SMILES string of the molecule is CCCCC(C(=O)O)N1CCOC2CCCCC21. The Morgan fingerprint density at radius 2 is 2.22 bits per heavy atom. The van der Waals surface area contributed by atoms with Gasteiger partial charge in [0.2, 0.25) is 0 Å². The molecule has 0 aromatic heterocycles. The molecule has 1 aliphatic carbocycles. The molecule has 0 aromatic rings. The molecule has 2 aliphatic rings. The first kappa shape index (κ1) is 13.8. The minimum absolute atomic E-state index is 0.274. The predicted molar refractivity (Wildman–Crippen MR) is 69.7 cm³/mol. The molecule has 0 aromatic carbocycles. The first-order valence-corrected chi connectivity index (χ1v) is 7.34. The van der Waals surface area contributed by atoms with Crippen LogP contribution in [0.4, 0.5) is 0 Å². The number of fused-ring (bicyclic) bond motifs is 1. The quantitative estimate of drug-likeness (QED) is 0.818. The number of morpholine rings is 1. The summed E-state index contributed by atoms with van der Waals surface area (Å²) in [5.74, 6) is -0.658. The number of nitrogens with zero attached hydrogens (tertiary/aromatic N) is 1. The molecule has 1 aliphatic heterocycles. The molecule has 0 radical (unpaired) electrons. The van der Waals surface area contributed by atoms with E-state index in [9.17, 15) is 9.90 Å². The Labute approximate surface area is 109 Å². The maximum absolute atomic E-state index is 11.5. The highest BCUT2D eigenvalue weighted by Crippen LogP contribution is 2.30. The molecule has 3 atom stereocenters. The van der Waals surface area contributed by atoms with Gasteiger partial charge in [-0.3, -0.25) is 9.69 Å². The van der Waals surface area contributed by atoms with Gasteiger partial charge >= 0.3 is 5.97 Å². The molecule has 18 heavy (non-hydrogen) atoms. The summed E-state index contributed by atoms with van der Waals surface area (Å²) in [6.45, 7) is 3.58. The lowest BCUT2D eigenvalue weighted by atomic mass is 9.88. The summed E-state index contributed by atoms with van der Waals surface area (Å²) in [4.78, 5) is 13.7. The Kier molecular flexibility index (Phi) is 5.01. The lowest BCUT2D eigenvalue weighted by Gasteiger charge is -2.46. The summed E-state index contributed by atoms with van der Waals surface area (Å²) in [5, 5.41) is 9.46. The Morgan fingerprint density at radius 1 is 1.44 bits per heavy atom. The van der Waals surface area contributed by atoms with E-state index in [0.717, 1.165) is 38.6 Å². The van der Waals surface area contributed by atoms with Crippen LogP contribution in [0.2, 0.25) is 0 Å². The molecule has 104 valence electrons. The predicted octanol–water partition coefficient (Wildman–Crippen LogP) is 2.27. The molecule has 1 saturated carbocycles. The van der Waals surface area contributed by atoms with Gasteiger partial charge in [0.25, 0.3) is 0 Å². The van der Waals surface area contributed by atoms with Gasteiger partial charge in [-0.25, -0.2) is 0 Å². The molecule has 0 spiro atoms. The summed E-state index contributed by atoms with van der Waals surface area (Å²) < 4.78 is 5.81. The first-order chi connectivity index (χ1) is 8.74. The van der Waals surface area contributed by atoms with Crippen LogP contribution in [0.15, 0.2) is 0 Å². The number of aliphatic carboxylic acids is 1. The number of hydrogen-bond acceptors (Lipinski definition) is 3. The molecular weight excluding hydrogens is 230 g/mol. The van der Waals surface area contributed by atoms with Gasteiger partial charge in [-0.15, -0.1) is 0 Å². The summed E-state index contributed by atoms with van der Waals surface area (Å²) >= 11 is 0. The van der Waals surface area contributed by atoms with Crippen LogP contribution in [0.5, 0.6) is 0 Å². The van der Waals surface area contributed by atoms with Crippen LogP contribution in [0.25, 0.3) is 0 Å². The van der Waals surface area contributed by atoms with Crippen molar-refractivity contribution in [3.63, 3.8) is 0 Å². The Bertz CT molecular complexity index is 280. The molecule has 4 heteroatoms. The van der Waals surface area contributed by atoms with E-state index in [0.29, 0.717) is 12.6 Å². The number of carboxylic acid groups (broad SMARTS) is 1. The van der Waals surface area contributed by atoms with E-state index in [1.54, 1.807) is 0 Å². The van der Waals surface area contributed by atoms with Crippen LogP contribution in [0.1, 0.15) is 51.9 Å². The molecule has 1 N–H and O–H groups in total. The number of unbranched alkanes of at least 4 members (excludes halogenated alkanes) is 1. The summed E-state index contributed by atoms with van der Waals surface area (Å²) in [5.41, 5.74) is 0. The monoisotopic (exact) mass is 255 g/mol. The summed E-state index contributed by atoms with van der Waals surface area (Å²) in [6.07, 6.45) is 7.73. The summed E-state index contributed by atoms with van der Waals surface area (Å²) in [6, 6.07) is 0.0323. The molecule has 1 saturated heterocycles. The number of carbonyl (C=O) groups is 1. The standard InChI is InChI=1S/C14H25NO3/c1-2-3-6-12(14(16)17)15-9-10-18-13-8-5-4-7-11(13)15/h11-13H,2-10H2,1H3,(H,16,17). The van der Waals surface area contributed by atoms with Gasteiger partial charge in [-0.1, -0.05) is 32.6 Å². The maximum Gasteiger partial charge on any atom is 0.320 e. The Morgan fingerprint density at radius 3 is 2.94 bits per heavy atom. The zero-order valence-corrected chi connectivity index (χ0v) is 11.3. The van der Waals surface area contributed by atoms with Crippen LogP contribution < -0.4 is 0 Å². The third-order valence-electron chi connectivity index (χ3n) is 4.29. The van der Waals surface area contributed by atoms with Crippen molar-refractivity contribution in [3.05, 3.63) is 0 Å². The fourth-order valence-electron chi connectivity index (χ4n) is 3.34.